The van der Waals surface area contributed by atoms with Gasteiger partial charge < -0.3 is 9.52 Å². The Labute approximate surface area is 109 Å². The molecular formula is C15H23NO2. The molecule has 0 spiro atoms. The molecule has 1 N–H and O–H groups in total. The van der Waals surface area contributed by atoms with Crippen LogP contribution in [0.1, 0.15) is 44.3 Å². The van der Waals surface area contributed by atoms with E-state index in [1.54, 1.807) is 6.26 Å². The summed E-state index contributed by atoms with van der Waals surface area (Å²) < 4.78 is 5.45. The van der Waals surface area contributed by atoms with Crippen LogP contribution in [-0.4, -0.2) is 28.7 Å². The van der Waals surface area contributed by atoms with E-state index in [-0.39, 0.29) is 6.10 Å². The van der Waals surface area contributed by atoms with Crippen LogP contribution in [0.25, 0.3) is 0 Å². The number of furan rings is 1. The van der Waals surface area contributed by atoms with Gasteiger partial charge in [-0.1, -0.05) is 12.8 Å². The van der Waals surface area contributed by atoms with Gasteiger partial charge in [0.05, 0.1) is 18.9 Å². The van der Waals surface area contributed by atoms with Gasteiger partial charge in [0.1, 0.15) is 5.76 Å². The minimum Gasteiger partial charge on any atom is -0.468 e. The number of hydrogen-bond donors (Lipinski definition) is 1. The van der Waals surface area contributed by atoms with Gasteiger partial charge in [0, 0.05) is 12.6 Å². The summed E-state index contributed by atoms with van der Waals surface area (Å²) in [5.41, 5.74) is 0. The van der Waals surface area contributed by atoms with Crippen LogP contribution in [0.2, 0.25) is 0 Å². The standard InChI is InChI=1S/C15H23NO2/c17-15-6-2-1-4-12(15)10-16(13-7-8-13)11-14-5-3-9-18-14/h3,5,9,12-13,15,17H,1-2,4,6-8,10-11H2. The minimum absolute atomic E-state index is 0.0865. The maximum absolute atomic E-state index is 10.1. The molecule has 0 aromatic carbocycles. The average Bonchev–Trinajstić information content (AvgIpc) is 3.10. The van der Waals surface area contributed by atoms with E-state index in [1.165, 1.54) is 32.1 Å². The van der Waals surface area contributed by atoms with Crippen molar-refractivity contribution in [2.75, 3.05) is 6.54 Å². The average molecular weight is 249 g/mol. The van der Waals surface area contributed by atoms with Crippen molar-refractivity contribution in [1.29, 1.82) is 0 Å². The first kappa shape index (κ1) is 12.2. The van der Waals surface area contributed by atoms with Gasteiger partial charge in [-0.2, -0.15) is 0 Å². The van der Waals surface area contributed by atoms with Crippen molar-refractivity contribution in [3.05, 3.63) is 24.2 Å². The monoisotopic (exact) mass is 249 g/mol. The smallest absolute Gasteiger partial charge is 0.117 e. The maximum Gasteiger partial charge on any atom is 0.117 e. The van der Waals surface area contributed by atoms with Crippen LogP contribution in [0.5, 0.6) is 0 Å². The van der Waals surface area contributed by atoms with Crippen LogP contribution in [-0.2, 0) is 6.54 Å². The number of aliphatic hydroxyl groups excluding tert-OH is 1. The van der Waals surface area contributed by atoms with E-state index in [4.69, 9.17) is 4.42 Å². The highest BCUT2D eigenvalue weighted by Gasteiger charge is 2.33. The Hall–Kier alpha value is -0.800. The fourth-order valence-electron chi connectivity index (χ4n) is 3.09. The topological polar surface area (TPSA) is 36.6 Å². The van der Waals surface area contributed by atoms with Gasteiger partial charge in [-0.05, 0) is 43.7 Å². The molecule has 2 aliphatic carbocycles. The zero-order valence-corrected chi connectivity index (χ0v) is 10.9. The lowest BCUT2D eigenvalue weighted by Crippen LogP contribution is -2.37. The third kappa shape index (κ3) is 2.96. The van der Waals surface area contributed by atoms with Crippen molar-refractivity contribution in [3.63, 3.8) is 0 Å². The number of aliphatic hydroxyl groups is 1. The Balaban J connectivity index is 1.59. The Morgan fingerprint density at radius 2 is 2.06 bits per heavy atom. The molecular weight excluding hydrogens is 226 g/mol. The summed E-state index contributed by atoms with van der Waals surface area (Å²) in [5, 5.41) is 10.1. The SMILES string of the molecule is OC1CCCCC1CN(Cc1ccco1)C1CC1. The van der Waals surface area contributed by atoms with Crippen LogP contribution in [0.3, 0.4) is 0 Å². The van der Waals surface area contributed by atoms with Crippen molar-refractivity contribution in [2.45, 2.75) is 57.2 Å². The molecule has 0 amide bonds. The van der Waals surface area contributed by atoms with Crippen molar-refractivity contribution in [2.24, 2.45) is 5.92 Å². The largest absolute Gasteiger partial charge is 0.468 e. The van der Waals surface area contributed by atoms with E-state index in [0.29, 0.717) is 5.92 Å². The molecule has 1 aromatic rings. The minimum atomic E-state index is -0.0865. The summed E-state index contributed by atoms with van der Waals surface area (Å²) in [6, 6.07) is 4.73. The fourth-order valence-corrected chi connectivity index (χ4v) is 3.09. The van der Waals surface area contributed by atoms with Crippen LogP contribution in [0.4, 0.5) is 0 Å². The molecule has 0 radical (unpaired) electrons. The summed E-state index contributed by atoms with van der Waals surface area (Å²) in [5.74, 6) is 1.52. The molecule has 1 aromatic heterocycles. The third-order valence-electron chi connectivity index (χ3n) is 4.34. The molecule has 3 heteroatoms. The highest BCUT2D eigenvalue weighted by Crippen LogP contribution is 2.32. The maximum atomic E-state index is 10.1. The van der Waals surface area contributed by atoms with Gasteiger partial charge in [0.2, 0.25) is 0 Å². The predicted molar refractivity (Wildman–Crippen MR) is 70.1 cm³/mol. The first-order valence-electron chi connectivity index (χ1n) is 7.27. The molecule has 2 unspecified atom stereocenters. The summed E-state index contributed by atoms with van der Waals surface area (Å²) in [6.07, 6.45) is 8.92. The zero-order valence-electron chi connectivity index (χ0n) is 10.9. The van der Waals surface area contributed by atoms with E-state index < -0.39 is 0 Å². The van der Waals surface area contributed by atoms with Crippen LogP contribution >= 0.6 is 0 Å². The van der Waals surface area contributed by atoms with Gasteiger partial charge in [0.15, 0.2) is 0 Å². The quantitative estimate of drug-likeness (QED) is 0.871. The predicted octanol–water partition coefficient (Wildman–Crippen LogP) is 2.80. The van der Waals surface area contributed by atoms with Crippen molar-refractivity contribution in [1.82, 2.24) is 4.90 Å². The molecule has 0 bridgehead atoms. The summed E-state index contributed by atoms with van der Waals surface area (Å²) in [6.45, 7) is 1.94. The molecule has 2 aliphatic rings. The second-order valence-electron chi connectivity index (χ2n) is 5.85. The van der Waals surface area contributed by atoms with Crippen molar-refractivity contribution >= 4 is 0 Å². The highest BCUT2D eigenvalue weighted by atomic mass is 16.3. The molecule has 3 rings (SSSR count). The van der Waals surface area contributed by atoms with Gasteiger partial charge in [-0.3, -0.25) is 4.90 Å². The molecule has 2 saturated carbocycles. The molecule has 0 aliphatic heterocycles. The lowest BCUT2D eigenvalue weighted by Gasteiger charge is -2.32. The molecule has 3 nitrogen and oxygen atoms in total. The summed E-state index contributed by atoms with van der Waals surface area (Å²) >= 11 is 0. The second kappa shape index (κ2) is 5.45. The van der Waals surface area contributed by atoms with Crippen molar-refractivity contribution in [3.8, 4) is 0 Å². The van der Waals surface area contributed by atoms with E-state index in [1.807, 2.05) is 12.1 Å². The molecule has 2 fully saturated rings. The lowest BCUT2D eigenvalue weighted by molar-refractivity contribution is 0.0413. The summed E-state index contributed by atoms with van der Waals surface area (Å²) in [7, 11) is 0. The van der Waals surface area contributed by atoms with Crippen LogP contribution in [0.15, 0.2) is 22.8 Å². The zero-order chi connectivity index (χ0) is 12.4. The Kier molecular flexibility index (Phi) is 3.71. The Morgan fingerprint density at radius 1 is 1.22 bits per heavy atom. The normalized spacial score (nSPS) is 28.8. The number of nitrogens with zero attached hydrogens (tertiary/aromatic N) is 1. The van der Waals surface area contributed by atoms with Crippen molar-refractivity contribution < 1.29 is 9.52 Å². The van der Waals surface area contributed by atoms with E-state index >= 15 is 0 Å². The van der Waals surface area contributed by atoms with Crippen LogP contribution in [0, 0.1) is 5.92 Å². The molecule has 2 atom stereocenters. The van der Waals surface area contributed by atoms with E-state index in [9.17, 15) is 5.11 Å². The van der Waals surface area contributed by atoms with Gasteiger partial charge in [-0.15, -0.1) is 0 Å². The molecule has 18 heavy (non-hydrogen) atoms. The first-order chi connectivity index (χ1) is 8.83. The van der Waals surface area contributed by atoms with E-state index in [2.05, 4.69) is 4.90 Å². The van der Waals surface area contributed by atoms with Gasteiger partial charge in [-0.25, -0.2) is 0 Å². The Bertz CT molecular complexity index is 359. The third-order valence-corrected chi connectivity index (χ3v) is 4.34. The number of rotatable bonds is 5. The lowest BCUT2D eigenvalue weighted by atomic mass is 9.86. The fraction of sp³-hybridized carbons (Fsp3) is 0.733. The number of hydrogen-bond acceptors (Lipinski definition) is 3. The highest BCUT2D eigenvalue weighted by molar-refractivity contribution is 5.00. The second-order valence-corrected chi connectivity index (χ2v) is 5.85. The molecule has 0 saturated heterocycles. The van der Waals surface area contributed by atoms with Gasteiger partial charge in [0.25, 0.3) is 0 Å². The van der Waals surface area contributed by atoms with E-state index in [0.717, 1.165) is 31.3 Å². The molecule has 100 valence electrons. The summed E-state index contributed by atoms with van der Waals surface area (Å²) in [4.78, 5) is 2.51. The van der Waals surface area contributed by atoms with Gasteiger partial charge >= 0.3 is 0 Å². The Morgan fingerprint density at radius 3 is 2.72 bits per heavy atom. The first-order valence-corrected chi connectivity index (χ1v) is 7.27. The van der Waals surface area contributed by atoms with Crippen LogP contribution < -0.4 is 0 Å². The molecule has 1 heterocycles.